The Morgan fingerprint density at radius 3 is 2.74 bits per heavy atom. The van der Waals surface area contributed by atoms with Crippen LogP contribution in [0.1, 0.15) is 81.3 Å². The van der Waals surface area contributed by atoms with Gasteiger partial charge in [0.05, 0.1) is 37.0 Å². The summed E-state index contributed by atoms with van der Waals surface area (Å²) in [7, 11) is 1.76. The van der Waals surface area contributed by atoms with Crippen LogP contribution in [0.2, 0.25) is 0 Å². The van der Waals surface area contributed by atoms with E-state index in [2.05, 4.69) is 37.5 Å². The molecule has 4 aliphatic rings. The lowest BCUT2D eigenvalue weighted by molar-refractivity contribution is -0.145. The number of ether oxygens (including phenoxy) is 2. The van der Waals surface area contributed by atoms with Crippen LogP contribution in [0.25, 0.3) is 0 Å². The maximum absolute atomic E-state index is 14.2. The molecule has 2 aliphatic heterocycles. The number of anilines is 1. The van der Waals surface area contributed by atoms with E-state index in [9.17, 15) is 9.59 Å². The molecule has 39 heavy (non-hydrogen) atoms. The summed E-state index contributed by atoms with van der Waals surface area (Å²) in [5.41, 5.74) is 2.55. The Morgan fingerprint density at radius 2 is 2.05 bits per heavy atom. The van der Waals surface area contributed by atoms with Crippen LogP contribution in [-0.2, 0) is 14.3 Å². The van der Waals surface area contributed by atoms with Crippen molar-refractivity contribution in [2.75, 3.05) is 51.8 Å². The molecule has 2 saturated carbocycles. The molecule has 0 radical (unpaired) electrons. The van der Waals surface area contributed by atoms with Crippen LogP contribution in [0.3, 0.4) is 0 Å². The predicted octanol–water partition coefficient (Wildman–Crippen LogP) is 3.26. The van der Waals surface area contributed by atoms with Gasteiger partial charge in [-0.05, 0) is 62.0 Å². The van der Waals surface area contributed by atoms with Crippen molar-refractivity contribution in [2.24, 2.45) is 11.8 Å². The normalized spacial score (nSPS) is 29.2. The second-order valence-corrected chi connectivity index (χ2v) is 12.4. The minimum Gasteiger partial charge on any atom is -0.381 e. The van der Waals surface area contributed by atoms with Crippen LogP contribution >= 0.6 is 0 Å². The first kappa shape index (κ1) is 28.3. The number of pyridine rings is 1. The van der Waals surface area contributed by atoms with Gasteiger partial charge in [-0.15, -0.1) is 0 Å². The van der Waals surface area contributed by atoms with E-state index in [1.807, 2.05) is 16.0 Å². The molecule has 3 heterocycles. The number of piperidine rings is 1. The van der Waals surface area contributed by atoms with E-state index in [1.165, 1.54) is 18.4 Å². The largest absolute Gasteiger partial charge is 0.381 e. The maximum atomic E-state index is 14.2. The number of hydrogen-bond donors (Lipinski definition) is 2. The summed E-state index contributed by atoms with van der Waals surface area (Å²) in [6, 6.07) is 2.50. The van der Waals surface area contributed by atoms with E-state index in [0.717, 1.165) is 24.9 Å². The highest BCUT2D eigenvalue weighted by Gasteiger charge is 2.39. The number of hydrogen-bond acceptors (Lipinski definition) is 7. The fourth-order valence-electron chi connectivity index (χ4n) is 6.29. The maximum Gasteiger partial charge on any atom is 0.274 e. The van der Waals surface area contributed by atoms with Crippen LogP contribution in [-0.4, -0.2) is 97.3 Å². The van der Waals surface area contributed by atoms with Crippen molar-refractivity contribution in [3.8, 4) is 0 Å². The molecular formula is C30H47N5O4. The standard InChI is InChI=1S/C30H47N5O4/c1-5-24-18-39-9-8-34(24)29(36)22-10-25(16-31-14-22)35(17-19(2)3)30(37)28-27(33-23-12-26(13-23)38-4)11-21(15-32-28)20-6-7-20/h11,15,19-20,22-26,31,33H,5-10,12-14,16-18H2,1-4H3/t22-,23?,24+,25+,26?/m1/s1. The van der Waals surface area contributed by atoms with Gasteiger partial charge in [-0.2, -0.15) is 0 Å². The van der Waals surface area contributed by atoms with Crippen LogP contribution in [0.15, 0.2) is 12.3 Å². The van der Waals surface area contributed by atoms with Gasteiger partial charge in [-0.25, -0.2) is 4.98 Å². The van der Waals surface area contributed by atoms with Crippen molar-refractivity contribution in [1.29, 1.82) is 0 Å². The van der Waals surface area contributed by atoms with Crippen molar-refractivity contribution in [3.05, 3.63) is 23.5 Å². The zero-order chi connectivity index (χ0) is 27.5. The number of rotatable bonds is 10. The predicted molar refractivity (Wildman–Crippen MR) is 151 cm³/mol. The van der Waals surface area contributed by atoms with E-state index >= 15 is 0 Å². The molecule has 4 fully saturated rings. The zero-order valence-electron chi connectivity index (χ0n) is 24.2. The zero-order valence-corrected chi connectivity index (χ0v) is 24.2. The van der Waals surface area contributed by atoms with E-state index in [0.29, 0.717) is 63.3 Å². The third kappa shape index (κ3) is 6.57. The SMILES string of the molecule is CC[C@H]1COCCN1C(=O)[C@H]1CNC[C@@H](N(CC(C)C)C(=O)c2ncc(C3CC3)cc2NC2CC(OC)C2)C1. The van der Waals surface area contributed by atoms with E-state index in [1.54, 1.807) is 7.11 Å². The number of methoxy groups -OCH3 is 1. The van der Waals surface area contributed by atoms with Crippen LogP contribution in [0.4, 0.5) is 5.69 Å². The highest BCUT2D eigenvalue weighted by molar-refractivity contribution is 5.98. The van der Waals surface area contributed by atoms with Gasteiger partial charge in [0.25, 0.3) is 5.91 Å². The summed E-state index contributed by atoms with van der Waals surface area (Å²) < 4.78 is 11.1. The molecular weight excluding hydrogens is 494 g/mol. The summed E-state index contributed by atoms with van der Waals surface area (Å²) in [6.45, 7) is 10.2. The lowest BCUT2D eigenvalue weighted by Crippen LogP contribution is -2.57. The molecule has 2 N–H and O–H groups in total. The Labute approximate surface area is 233 Å². The van der Waals surface area contributed by atoms with E-state index in [-0.39, 0.29) is 42.0 Å². The molecule has 5 rings (SSSR count). The number of amides is 2. The van der Waals surface area contributed by atoms with Crippen molar-refractivity contribution in [2.45, 2.75) is 89.4 Å². The number of carbonyl (C=O) groups is 2. The molecule has 0 aromatic carbocycles. The number of aromatic nitrogens is 1. The lowest BCUT2D eigenvalue weighted by atomic mass is 9.89. The van der Waals surface area contributed by atoms with Gasteiger partial charge >= 0.3 is 0 Å². The van der Waals surface area contributed by atoms with Crippen molar-refractivity contribution < 1.29 is 19.1 Å². The first-order valence-corrected chi connectivity index (χ1v) is 15.1. The molecule has 9 heteroatoms. The highest BCUT2D eigenvalue weighted by atomic mass is 16.5. The Bertz CT molecular complexity index is 1010. The van der Waals surface area contributed by atoms with Crippen LogP contribution < -0.4 is 10.6 Å². The van der Waals surface area contributed by atoms with Crippen molar-refractivity contribution in [3.63, 3.8) is 0 Å². The molecule has 0 unspecified atom stereocenters. The van der Waals surface area contributed by atoms with Crippen molar-refractivity contribution >= 4 is 17.5 Å². The Balaban J connectivity index is 1.35. The fourth-order valence-corrected chi connectivity index (χ4v) is 6.29. The monoisotopic (exact) mass is 541 g/mol. The molecule has 1 aromatic rings. The fraction of sp³-hybridized carbons (Fsp3) is 0.767. The van der Waals surface area contributed by atoms with Gasteiger partial charge in [-0.1, -0.05) is 20.8 Å². The van der Waals surface area contributed by atoms with Gasteiger partial charge in [0, 0.05) is 51.6 Å². The van der Waals surface area contributed by atoms with Gasteiger partial charge in [0.1, 0.15) is 0 Å². The van der Waals surface area contributed by atoms with E-state index in [4.69, 9.17) is 14.5 Å². The summed E-state index contributed by atoms with van der Waals surface area (Å²) in [6.07, 6.45) is 7.98. The molecule has 9 nitrogen and oxygen atoms in total. The molecule has 0 bridgehead atoms. The second-order valence-electron chi connectivity index (χ2n) is 12.4. The second kappa shape index (κ2) is 12.5. The number of morpholine rings is 1. The van der Waals surface area contributed by atoms with Gasteiger partial charge in [0.2, 0.25) is 5.91 Å². The number of carbonyl (C=O) groups excluding carboxylic acids is 2. The molecule has 0 spiro atoms. The number of nitrogens with one attached hydrogen (secondary N) is 2. The summed E-state index contributed by atoms with van der Waals surface area (Å²) in [5.74, 6) is 0.843. The molecule has 216 valence electrons. The lowest BCUT2D eigenvalue weighted by Gasteiger charge is -2.42. The van der Waals surface area contributed by atoms with Gasteiger partial charge < -0.3 is 29.9 Å². The topological polar surface area (TPSA) is 96.0 Å². The summed E-state index contributed by atoms with van der Waals surface area (Å²) in [5, 5.41) is 7.11. The van der Waals surface area contributed by atoms with Crippen LogP contribution in [0, 0.1) is 11.8 Å². The van der Waals surface area contributed by atoms with Crippen LogP contribution in [0.5, 0.6) is 0 Å². The Kier molecular flexibility index (Phi) is 9.09. The molecule has 2 amide bonds. The highest BCUT2D eigenvalue weighted by Crippen LogP contribution is 2.41. The first-order chi connectivity index (χ1) is 18.9. The average Bonchev–Trinajstić information content (AvgIpc) is 3.78. The molecule has 1 aromatic heterocycles. The van der Waals surface area contributed by atoms with E-state index < -0.39 is 0 Å². The first-order valence-electron chi connectivity index (χ1n) is 15.1. The molecule has 2 saturated heterocycles. The third-order valence-electron chi connectivity index (χ3n) is 8.87. The average molecular weight is 542 g/mol. The minimum absolute atomic E-state index is 0.0473. The Hall–Kier alpha value is -2.23. The molecule has 2 aliphatic carbocycles. The number of nitrogens with zero attached hydrogens (tertiary/aromatic N) is 3. The third-order valence-corrected chi connectivity index (χ3v) is 8.87. The van der Waals surface area contributed by atoms with Gasteiger partial charge in [0.15, 0.2) is 5.69 Å². The van der Waals surface area contributed by atoms with Crippen molar-refractivity contribution in [1.82, 2.24) is 20.1 Å². The quantitative estimate of drug-likeness (QED) is 0.469. The minimum atomic E-state index is -0.151. The molecule has 3 atom stereocenters. The summed E-state index contributed by atoms with van der Waals surface area (Å²) >= 11 is 0. The van der Waals surface area contributed by atoms with Gasteiger partial charge in [-0.3, -0.25) is 9.59 Å². The Morgan fingerprint density at radius 1 is 1.26 bits per heavy atom. The smallest absolute Gasteiger partial charge is 0.274 e. The summed E-state index contributed by atoms with van der Waals surface area (Å²) in [4.78, 5) is 36.6.